The quantitative estimate of drug-likeness (QED) is 0.906. The number of amides is 2. The molecule has 2 heterocycles. The number of aromatic nitrogens is 1. The van der Waals surface area contributed by atoms with Crippen molar-refractivity contribution in [1.82, 2.24) is 15.2 Å². The molecule has 1 atom stereocenters. The molecular formula is C14H17N3O2S. The maximum absolute atomic E-state index is 12.0. The summed E-state index contributed by atoms with van der Waals surface area (Å²) in [5.74, 6) is 0.225. The van der Waals surface area contributed by atoms with E-state index >= 15 is 0 Å². The number of hydrogen-bond acceptors (Lipinski definition) is 4. The van der Waals surface area contributed by atoms with E-state index in [1.54, 1.807) is 16.2 Å². The summed E-state index contributed by atoms with van der Waals surface area (Å²) in [4.78, 5) is 18.3. The van der Waals surface area contributed by atoms with Crippen molar-refractivity contribution >= 4 is 27.6 Å². The second-order valence-electron chi connectivity index (χ2n) is 5.02. The first-order valence-corrected chi connectivity index (χ1v) is 7.56. The maximum atomic E-state index is 12.0. The molecule has 2 aromatic rings. The lowest BCUT2D eigenvalue weighted by molar-refractivity contribution is 0.198. The molecule has 2 amide bonds. The van der Waals surface area contributed by atoms with Crippen molar-refractivity contribution in [1.29, 1.82) is 0 Å². The molecule has 1 aromatic carbocycles. The molecule has 0 radical (unpaired) electrons. The normalized spacial score (nSPS) is 18.6. The summed E-state index contributed by atoms with van der Waals surface area (Å²) in [6, 6.07) is 7.89. The molecule has 20 heavy (non-hydrogen) atoms. The molecule has 0 aliphatic carbocycles. The van der Waals surface area contributed by atoms with Crippen molar-refractivity contribution in [3.63, 3.8) is 0 Å². The Bertz CT molecular complexity index is 580. The molecule has 1 fully saturated rings. The number of nitrogens with zero attached hydrogens (tertiary/aromatic N) is 2. The number of aliphatic hydroxyl groups is 1. The highest BCUT2D eigenvalue weighted by atomic mass is 32.1. The minimum atomic E-state index is -0.0693. The van der Waals surface area contributed by atoms with E-state index in [1.165, 1.54) is 0 Å². The summed E-state index contributed by atoms with van der Waals surface area (Å²) in [5.41, 5.74) is 0.975. The monoisotopic (exact) mass is 291 g/mol. The van der Waals surface area contributed by atoms with Gasteiger partial charge in [0.15, 0.2) is 0 Å². The van der Waals surface area contributed by atoms with Gasteiger partial charge in [0.1, 0.15) is 5.01 Å². The Morgan fingerprint density at radius 1 is 1.50 bits per heavy atom. The lowest BCUT2D eigenvalue weighted by atomic mass is 10.1. The highest BCUT2D eigenvalue weighted by Crippen LogP contribution is 2.21. The SMILES string of the molecule is O=C(NCc1nc2ccccc2s1)N1CCC(CO)C1. The number of carbonyl (C=O) groups is 1. The highest BCUT2D eigenvalue weighted by molar-refractivity contribution is 7.18. The third-order valence-electron chi connectivity index (χ3n) is 3.56. The lowest BCUT2D eigenvalue weighted by Crippen LogP contribution is -2.38. The Kier molecular flexibility index (Phi) is 3.84. The van der Waals surface area contributed by atoms with Crippen LogP contribution >= 0.6 is 11.3 Å². The molecule has 106 valence electrons. The number of hydrogen-bond donors (Lipinski definition) is 2. The molecular weight excluding hydrogens is 274 g/mol. The van der Waals surface area contributed by atoms with Gasteiger partial charge in [-0.25, -0.2) is 9.78 Å². The van der Waals surface area contributed by atoms with Gasteiger partial charge >= 0.3 is 6.03 Å². The van der Waals surface area contributed by atoms with Crippen molar-refractivity contribution in [3.8, 4) is 0 Å². The predicted octanol–water partition coefficient (Wildman–Crippen LogP) is 1.82. The molecule has 1 aliphatic heterocycles. The summed E-state index contributed by atoms with van der Waals surface area (Å²) in [7, 11) is 0. The van der Waals surface area contributed by atoms with Gasteiger partial charge in [-0.15, -0.1) is 11.3 Å². The fourth-order valence-electron chi connectivity index (χ4n) is 2.42. The van der Waals surface area contributed by atoms with E-state index < -0.39 is 0 Å². The van der Waals surface area contributed by atoms with Gasteiger partial charge in [0.05, 0.1) is 16.8 Å². The minimum Gasteiger partial charge on any atom is -0.396 e. The van der Waals surface area contributed by atoms with Gasteiger partial charge in [-0.3, -0.25) is 0 Å². The number of fused-ring (bicyclic) bond motifs is 1. The van der Waals surface area contributed by atoms with Crippen LogP contribution in [0.3, 0.4) is 0 Å². The van der Waals surface area contributed by atoms with Gasteiger partial charge in [0.25, 0.3) is 0 Å². The van der Waals surface area contributed by atoms with Crippen LogP contribution in [0.2, 0.25) is 0 Å². The topological polar surface area (TPSA) is 65.5 Å². The Labute approximate surface area is 121 Å². The van der Waals surface area contributed by atoms with E-state index in [0.717, 1.165) is 28.2 Å². The zero-order valence-electron chi connectivity index (χ0n) is 11.1. The molecule has 1 saturated heterocycles. The molecule has 1 aromatic heterocycles. The molecule has 0 spiro atoms. The summed E-state index contributed by atoms with van der Waals surface area (Å²) in [6.07, 6.45) is 0.880. The first-order valence-electron chi connectivity index (χ1n) is 6.74. The van der Waals surface area contributed by atoms with Crippen LogP contribution in [0.5, 0.6) is 0 Å². The van der Waals surface area contributed by atoms with Crippen LogP contribution in [0, 0.1) is 5.92 Å². The number of carbonyl (C=O) groups excluding carboxylic acids is 1. The van der Waals surface area contributed by atoms with Crippen LogP contribution in [-0.2, 0) is 6.54 Å². The van der Waals surface area contributed by atoms with E-state index in [1.807, 2.05) is 24.3 Å². The predicted molar refractivity (Wildman–Crippen MR) is 78.6 cm³/mol. The molecule has 3 rings (SSSR count). The number of aliphatic hydroxyl groups excluding tert-OH is 1. The average Bonchev–Trinajstić information content (AvgIpc) is 3.10. The van der Waals surface area contributed by atoms with Crippen molar-refractivity contribution in [2.24, 2.45) is 5.92 Å². The number of benzene rings is 1. The van der Waals surface area contributed by atoms with Crippen molar-refractivity contribution in [2.45, 2.75) is 13.0 Å². The molecule has 1 unspecified atom stereocenters. The number of likely N-dealkylation sites (tertiary alicyclic amines) is 1. The number of rotatable bonds is 3. The zero-order chi connectivity index (χ0) is 13.9. The van der Waals surface area contributed by atoms with E-state index in [0.29, 0.717) is 13.1 Å². The summed E-state index contributed by atoms with van der Waals surface area (Å²) < 4.78 is 1.14. The first-order chi connectivity index (χ1) is 9.76. The molecule has 0 bridgehead atoms. The maximum Gasteiger partial charge on any atom is 0.317 e. The summed E-state index contributed by atoms with van der Waals surface area (Å²) in [6.45, 7) is 1.97. The smallest absolute Gasteiger partial charge is 0.317 e. The van der Waals surface area contributed by atoms with Crippen LogP contribution < -0.4 is 5.32 Å². The van der Waals surface area contributed by atoms with E-state index in [4.69, 9.17) is 5.11 Å². The van der Waals surface area contributed by atoms with Gasteiger partial charge < -0.3 is 15.3 Å². The average molecular weight is 291 g/mol. The fraction of sp³-hybridized carbons (Fsp3) is 0.429. The van der Waals surface area contributed by atoms with Crippen LogP contribution in [0.1, 0.15) is 11.4 Å². The van der Waals surface area contributed by atoms with E-state index in [2.05, 4.69) is 10.3 Å². The van der Waals surface area contributed by atoms with Crippen molar-refractivity contribution in [2.75, 3.05) is 19.7 Å². The van der Waals surface area contributed by atoms with Gasteiger partial charge in [-0.05, 0) is 18.6 Å². The number of nitrogens with one attached hydrogen (secondary N) is 1. The van der Waals surface area contributed by atoms with Gasteiger partial charge in [-0.2, -0.15) is 0 Å². The standard InChI is InChI=1S/C14H17N3O2S/c18-9-10-5-6-17(8-10)14(19)15-7-13-16-11-3-1-2-4-12(11)20-13/h1-4,10,18H,5-9H2,(H,15,19). The van der Waals surface area contributed by atoms with E-state index in [-0.39, 0.29) is 18.6 Å². The minimum absolute atomic E-state index is 0.0693. The second-order valence-corrected chi connectivity index (χ2v) is 6.13. The van der Waals surface area contributed by atoms with Crippen LogP contribution in [0.4, 0.5) is 4.79 Å². The Balaban J connectivity index is 1.57. The van der Waals surface area contributed by atoms with Crippen molar-refractivity contribution < 1.29 is 9.90 Å². The second kappa shape index (κ2) is 5.76. The molecule has 2 N–H and O–H groups in total. The lowest BCUT2D eigenvalue weighted by Gasteiger charge is -2.16. The number of thiazole rings is 1. The van der Waals surface area contributed by atoms with Gasteiger partial charge in [0.2, 0.25) is 0 Å². The molecule has 6 heteroatoms. The number of urea groups is 1. The summed E-state index contributed by atoms with van der Waals surface area (Å²) >= 11 is 1.60. The van der Waals surface area contributed by atoms with Gasteiger partial charge in [-0.1, -0.05) is 12.1 Å². The van der Waals surface area contributed by atoms with Crippen molar-refractivity contribution in [3.05, 3.63) is 29.3 Å². The zero-order valence-corrected chi connectivity index (χ0v) is 11.9. The number of para-hydroxylation sites is 1. The third-order valence-corrected chi connectivity index (χ3v) is 4.60. The van der Waals surface area contributed by atoms with E-state index in [9.17, 15) is 4.79 Å². The first kappa shape index (κ1) is 13.3. The van der Waals surface area contributed by atoms with Crippen LogP contribution in [0.25, 0.3) is 10.2 Å². The Hall–Kier alpha value is -1.66. The Morgan fingerprint density at radius 2 is 2.35 bits per heavy atom. The van der Waals surface area contributed by atoms with Gasteiger partial charge in [0, 0.05) is 25.6 Å². The third kappa shape index (κ3) is 2.76. The Morgan fingerprint density at radius 3 is 3.10 bits per heavy atom. The fourth-order valence-corrected chi connectivity index (χ4v) is 3.33. The van der Waals surface area contributed by atoms with Crippen LogP contribution in [-0.4, -0.2) is 40.7 Å². The molecule has 1 aliphatic rings. The highest BCUT2D eigenvalue weighted by Gasteiger charge is 2.25. The molecule has 5 nitrogen and oxygen atoms in total. The largest absolute Gasteiger partial charge is 0.396 e. The summed E-state index contributed by atoms with van der Waals surface area (Å²) in [5, 5.41) is 12.9. The molecule has 0 saturated carbocycles. The van der Waals surface area contributed by atoms with Crippen LogP contribution in [0.15, 0.2) is 24.3 Å².